The van der Waals surface area contributed by atoms with Crippen LogP contribution >= 0.6 is 0 Å². The lowest BCUT2D eigenvalue weighted by Crippen LogP contribution is -2.50. The molecule has 0 N–H and O–H groups in total. The number of ketones is 1. The van der Waals surface area contributed by atoms with Gasteiger partial charge in [-0.25, -0.2) is 4.39 Å². The maximum atomic E-state index is 14.3. The van der Waals surface area contributed by atoms with Crippen LogP contribution in [0.15, 0.2) is 30.4 Å². The van der Waals surface area contributed by atoms with Crippen LogP contribution in [0.4, 0.5) is 10.1 Å². The predicted molar refractivity (Wildman–Crippen MR) is 102 cm³/mol. The van der Waals surface area contributed by atoms with E-state index in [1.54, 1.807) is 17.0 Å². The van der Waals surface area contributed by atoms with Gasteiger partial charge in [-0.1, -0.05) is 12.2 Å². The average Bonchev–Trinajstić information content (AvgIpc) is 2.60. The van der Waals surface area contributed by atoms with Crippen LogP contribution < -0.4 is 4.90 Å². The van der Waals surface area contributed by atoms with Crippen LogP contribution in [0.1, 0.15) is 31.1 Å². The van der Waals surface area contributed by atoms with Gasteiger partial charge in [-0.3, -0.25) is 14.5 Å². The van der Waals surface area contributed by atoms with Gasteiger partial charge in [0.1, 0.15) is 5.82 Å². The quantitative estimate of drug-likeness (QED) is 0.553. The van der Waals surface area contributed by atoms with E-state index in [2.05, 4.69) is 11.5 Å². The fourth-order valence-corrected chi connectivity index (χ4v) is 3.12. The number of amides is 1. The summed E-state index contributed by atoms with van der Waals surface area (Å²) in [6, 6.07) is 4.62. The molecule has 0 saturated carbocycles. The number of likely N-dealkylation sites (N-methyl/N-ethyl adjacent to an activating group) is 1. The topological polar surface area (TPSA) is 43.9 Å². The highest BCUT2D eigenvalue weighted by Crippen LogP contribution is 2.22. The number of hydrogen-bond donors (Lipinski definition) is 0. The molecule has 1 aliphatic heterocycles. The van der Waals surface area contributed by atoms with Crippen LogP contribution in [-0.2, 0) is 4.79 Å². The van der Waals surface area contributed by atoms with E-state index in [4.69, 9.17) is 0 Å². The Labute approximate surface area is 155 Å². The van der Waals surface area contributed by atoms with E-state index < -0.39 is 0 Å². The van der Waals surface area contributed by atoms with Crippen LogP contribution in [0.5, 0.6) is 0 Å². The van der Waals surface area contributed by atoms with Crippen molar-refractivity contribution in [1.29, 1.82) is 0 Å². The van der Waals surface area contributed by atoms with E-state index in [9.17, 15) is 14.0 Å². The SMILES string of the molecule is C=C(C)CN(CC)C(=O)CN1CCN(c2ccc(C(C)=O)cc2F)CC1. The Bertz CT molecular complexity index is 682. The van der Waals surface area contributed by atoms with Gasteiger partial charge >= 0.3 is 0 Å². The van der Waals surface area contributed by atoms with Crippen molar-refractivity contribution in [2.24, 2.45) is 0 Å². The molecule has 1 amide bonds. The van der Waals surface area contributed by atoms with Crippen molar-refractivity contribution in [3.8, 4) is 0 Å². The van der Waals surface area contributed by atoms with Crippen molar-refractivity contribution in [2.75, 3.05) is 50.7 Å². The third kappa shape index (κ3) is 5.14. The lowest BCUT2D eigenvalue weighted by atomic mass is 10.1. The standard InChI is InChI=1S/C20H28FN3O2/c1-5-23(13-15(2)3)20(26)14-22-8-10-24(11-9-22)19-7-6-17(16(4)25)12-18(19)21/h6-7,12H,2,5,8-11,13-14H2,1,3-4H3. The summed E-state index contributed by atoms with van der Waals surface area (Å²) in [4.78, 5) is 29.6. The molecule has 5 nitrogen and oxygen atoms in total. The van der Waals surface area contributed by atoms with Gasteiger partial charge < -0.3 is 9.80 Å². The number of carbonyl (C=O) groups excluding carboxylic acids is 2. The minimum atomic E-state index is -0.374. The molecule has 26 heavy (non-hydrogen) atoms. The van der Waals surface area contributed by atoms with Crippen LogP contribution in [0.3, 0.4) is 0 Å². The maximum absolute atomic E-state index is 14.3. The van der Waals surface area contributed by atoms with E-state index in [0.29, 0.717) is 57.1 Å². The van der Waals surface area contributed by atoms with Gasteiger partial charge in [0.05, 0.1) is 12.2 Å². The smallest absolute Gasteiger partial charge is 0.237 e. The second-order valence-corrected chi connectivity index (χ2v) is 6.85. The second kappa shape index (κ2) is 8.94. The monoisotopic (exact) mass is 361 g/mol. The molecule has 0 spiro atoms. The number of nitrogens with zero attached hydrogens (tertiary/aromatic N) is 3. The fraction of sp³-hybridized carbons (Fsp3) is 0.500. The highest BCUT2D eigenvalue weighted by atomic mass is 19.1. The average molecular weight is 361 g/mol. The van der Waals surface area contributed by atoms with E-state index in [0.717, 1.165) is 5.57 Å². The molecule has 0 aliphatic carbocycles. The first-order chi connectivity index (χ1) is 12.3. The molecular weight excluding hydrogens is 333 g/mol. The summed E-state index contributed by atoms with van der Waals surface area (Å²) in [5.41, 5.74) is 1.86. The number of halogens is 1. The molecule has 1 heterocycles. The Balaban J connectivity index is 1.92. The highest BCUT2D eigenvalue weighted by Gasteiger charge is 2.23. The molecule has 0 radical (unpaired) electrons. The molecular formula is C20H28FN3O2. The zero-order chi connectivity index (χ0) is 19.3. The first-order valence-corrected chi connectivity index (χ1v) is 9.01. The lowest BCUT2D eigenvalue weighted by molar-refractivity contribution is -0.131. The summed E-state index contributed by atoms with van der Waals surface area (Å²) in [5, 5.41) is 0. The van der Waals surface area contributed by atoms with Crippen LogP contribution in [0, 0.1) is 5.82 Å². The Hall–Kier alpha value is -2.21. The summed E-state index contributed by atoms with van der Waals surface area (Å²) >= 11 is 0. The number of hydrogen-bond acceptors (Lipinski definition) is 4. The zero-order valence-electron chi connectivity index (χ0n) is 15.9. The van der Waals surface area contributed by atoms with Crippen LogP contribution in [0.2, 0.25) is 0 Å². The normalized spacial score (nSPS) is 15.0. The molecule has 1 aromatic rings. The number of Topliss-reactive ketones (excluding diaryl/α,β-unsaturated/α-hetero) is 1. The van der Waals surface area contributed by atoms with Gasteiger partial charge in [0.2, 0.25) is 5.91 Å². The first-order valence-electron chi connectivity index (χ1n) is 9.01. The molecule has 0 aromatic heterocycles. The minimum Gasteiger partial charge on any atom is -0.367 e. The van der Waals surface area contributed by atoms with Gasteiger partial charge in [-0.2, -0.15) is 0 Å². The molecule has 1 aromatic carbocycles. The Morgan fingerprint density at radius 3 is 2.35 bits per heavy atom. The summed E-state index contributed by atoms with van der Waals surface area (Å²) < 4.78 is 14.3. The van der Waals surface area contributed by atoms with Crippen molar-refractivity contribution in [2.45, 2.75) is 20.8 Å². The highest BCUT2D eigenvalue weighted by molar-refractivity contribution is 5.94. The molecule has 0 bridgehead atoms. The number of piperazine rings is 1. The van der Waals surface area contributed by atoms with E-state index in [1.807, 2.05) is 18.7 Å². The van der Waals surface area contributed by atoms with Gasteiger partial charge in [0.25, 0.3) is 0 Å². The number of rotatable bonds is 7. The van der Waals surface area contributed by atoms with Crippen molar-refractivity contribution >= 4 is 17.4 Å². The third-order valence-electron chi connectivity index (χ3n) is 4.62. The lowest BCUT2D eigenvalue weighted by Gasteiger charge is -2.36. The molecule has 0 unspecified atom stereocenters. The van der Waals surface area contributed by atoms with Gasteiger partial charge in [0.15, 0.2) is 5.78 Å². The predicted octanol–water partition coefficient (Wildman–Crippen LogP) is 2.57. The van der Waals surface area contributed by atoms with Crippen LogP contribution in [-0.4, -0.2) is 67.3 Å². The van der Waals surface area contributed by atoms with Crippen molar-refractivity contribution < 1.29 is 14.0 Å². The van der Waals surface area contributed by atoms with Gasteiger partial charge in [-0.15, -0.1) is 0 Å². The first kappa shape index (κ1) is 20.1. The Kier molecular flexibility index (Phi) is 6.91. The van der Waals surface area contributed by atoms with Crippen molar-refractivity contribution in [1.82, 2.24) is 9.80 Å². The fourth-order valence-electron chi connectivity index (χ4n) is 3.12. The van der Waals surface area contributed by atoms with Gasteiger partial charge in [-0.05, 0) is 39.0 Å². The summed E-state index contributed by atoms with van der Waals surface area (Å²) in [6.07, 6.45) is 0. The molecule has 1 aliphatic rings. The third-order valence-corrected chi connectivity index (χ3v) is 4.62. The summed E-state index contributed by atoms with van der Waals surface area (Å²) in [5.74, 6) is -0.421. The van der Waals surface area contributed by atoms with E-state index in [1.165, 1.54) is 13.0 Å². The summed E-state index contributed by atoms with van der Waals surface area (Å²) in [7, 11) is 0. The zero-order valence-corrected chi connectivity index (χ0v) is 15.9. The Morgan fingerprint density at radius 2 is 1.85 bits per heavy atom. The van der Waals surface area contributed by atoms with Crippen molar-refractivity contribution in [3.05, 3.63) is 41.7 Å². The molecule has 1 saturated heterocycles. The van der Waals surface area contributed by atoms with E-state index >= 15 is 0 Å². The Morgan fingerprint density at radius 1 is 1.19 bits per heavy atom. The second-order valence-electron chi connectivity index (χ2n) is 6.85. The molecule has 1 fully saturated rings. The van der Waals surface area contributed by atoms with Crippen molar-refractivity contribution in [3.63, 3.8) is 0 Å². The van der Waals surface area contributed by atoms with Crippen LogP contribution in [0.25, 0.3) is 0 Å². The molecule has 2 rings (SSSR count). The number of anilines is 1. The largest absolute Gasteiger partial charge is 0.367 e. The molecule has 6 heteroatoms. The summed E-state index contributed by atoms with van der Waals surface area (Å²) in [6.45, 7) is 13.5. The van der Waals surface area contributed by atoms with Gasteiger partial charge in [0, 0.05) is 44.8 Å². The van der Waals surface area contributed by atoms with E-state index in [-0.39, 0.29) is 17.5 Å². The molecule has 142 valence electrons. The molecule has 0 atom stereocenters. The maximum Gasteiger partial charge on any atom is 0.237 e. The number of carbonyl (C=O) groups is 2. The number of benzene rings is 1. The minimum absolute atomic E-state index is 0.0981.